The molecule has 1 saturated carbocycles. The molecule has 0 saturated heterocycles. The van der Waals surface area contributed by atoms with E-state index in [0.29, 0.717) is 22.9 Å². The Balaban J connectivity index is 1.62. The van der Waals surface area contributed by atoms with Crippen LogP contribution in [0.15, 0.2) is 51.8 Å². The first-order valence-electron chi connectivity index (χ1n) is 8.58. The number of hydrogen-bond acceptors (Lipinski definition) is 5. The summed E-state index contributed by atoms with van der Waals surface area (Å²) < 4.78 is 11.1. The maximum atomic E-state index is 12.2. The summed E-state index contributed by atoms with van der Waals surface area (Å²) in [6, 6.07) is 10.2. The normalized spacial score (nSPS) is 14.0. The van der Waals surface area contributed by atoms with Crippen molar-refractivity contribution in [1.29, 1.82) is 0 Å². The van der Waals surface area contributed by atoms with E-state index in [1.54, 1.807) is 30.5 Å². The van der Waals surface area contributed by atoms with Gasteiger partial charge in [-0.05, 0) is 49.6 Å². The van der Waals surface area contributed by atoms with Crippen molar-refractivity contribution in [2.75, 3.05) is 5.32 Å². The van der Waals surface area contributed by atoms with Crippen molar-refractivity contribution in [3.8, 4) is 11.6 Å². The molecule has 1 N–H and O–H groups in total. The van der Waals surface area contributed by atoms with Gasteiger partial charge in [-0.2, -0.15) is 0 Å². The third-order valence-electron chi connectivity index (χ3n) is 4.64. The summed E-state index contributed by atoms with van der Waals surface area (Å²) in [6.45, 7) is 1.85. The molecule has 0 unspecified atom stereocenters. The minimum Gasteiger partial charge on any atom is -0.437 e. The SMILES string of the molecule is Cc1cc(=O)oc2cc(Oc3ncccc3NC(=O)C3CCC3)ccc12. The van der Waals surface area contributed by atoms with Crippen LogP contribution >= 0.6 is 0 Å². The average Bonchev–Trinajstić information content (AvgIpc) is 2.54. The molecule has 1 amide bonds. The number of rotatable bonds is 4. The Morgan fingerprint density at radius 1 is 1.27 bits per heavy atom. The van der Waals surface area contributed by atoms with Gasteiger partial charge in [-0.25, -0.2) is 9.78 Å². The molecule has 0 atom stereocenters. The second-order valence-electron chi connectivity index (χ2n) is 6.48. The molecule has 132 valence electrons. The summed E-state index contributed by atoms with van der Waals surface area (Å²) >= 11 is 0. The van der Waals surface area contributed by atoms with E-state index in [1.165, 1.54) is 6.07 Å². The number of aryl methyl sites for hydroxylation is 1. The number of nitrogens with one attached hydrogen (secondary N) is 1. The molecule has 4 rings (SSSR count). The Morgan fingerprint density at radius 3 is 2.88 bits per heavy atom. The maximum absolute atomic E-state index is 12.2. The second kappa shape index (κ2) is 6.63. The number of benzene rings is 1. The molecule has 1 aliphatic carbocycles. The van der Waals surface area contributed by atoms with Crippen molar-refractivity contribution in [2.45, 2.75) is 26.2 Å². The van der Waals surface area contributed by atoms with Crippen LogP contribution < -0.4 is 15.7 Å². The zero-order valence-electron chi connectivity index (χ0n) is 14.3. The highest BCUT2D eigenvalue weighted by atomic mass is 16.5. The first kappa shape index (κ1) is 16.3. The van der Waals surface area contributed by atoms with Gasteiger partial charge in [0.2, 0.25) is 11.8 Å². The number of hydrogen-bond donors (Lipinski definition) is 1. The van der Waals surface area contributed by atoms with Crippen LogP contribution in [0.3, 0.4) is 0 Å². The van der Waals surface area contributed by atoms with E-state index >= 15 is 0 Å². The predicted molar refractivity (Wildman–Crippen MR) is 97.5 cm³/mol. The molecule has 2 heterocycles. The predicted octanol–water partition coefficient (Wildman–Crippen LogP) is 4.03. The molecule has 1 fully saturated rings. The smallest absolute Gasteiger partial charge is 0.336 e. The van der Waals surface area contributed by atoms with Gasteiger partial charge in [0, 0.05) is 29.6 Å². The Bertz CT molecular complexity index is 1040. The molecule has 0 spiro atoms. The summed E-state index contributed by atoms with van der Waals surface area (Å²) in [6.07, 6.45) is 4.53. The highest BCUT2D eigenvalue weighted by Crippen LogP contribution is 2.32. The largest absolute Gasteiger partial charge is 0.437 e. The fourth-order valence-electron chi connectivity index (χ4n) is 2.95. The number of aromatic nitrogens is 1. The highest BCUT2D eigenvalue weighted by molar-refractivity contribution is 5.94. The molecule has 3 aromatic rings. The number of ether oxygens (including phenoxy) is 1. The van der Waals surface area contributed by atoms with Crippen LogP contribution in [0.5, 0.6) is 11.6 Å². The monoisotopic (exact) mass is 350 g/mol. The third-order valence-corrected chi connectivity index (χ3v) is 4.64. The van der Waals surface area contributed by atoms with Crippen molar-refractivity contribution >= 4 is 22.6 Å². The van der Waals surface area contributed by atoms with Gasteiger partial charge in [0.25, 0.3) is 0 Å². The van der Waals surface area contributed by atoms with Gasteiger partial charge in [0.15, 0.2) is 0 Å². The zero-order chi connectivity index (χ0) is 18.1. The van der Waals surface area contributed by atoms with Crippen molar-refractivity contribution in [3.05, 3.63) is 58.6 Å². The minimum atomic E-state index is -0.404. The standard InChI is InChI=1S/C20H18N2O4/c1-12-10-18(23)26-17-11-14(7-8-15(12)17)25-20-16(6-3-9-21-20)22-19(24)13-4-2-5-13/h3,6-11,13H,2,4-5H2,1H3,(H,22,24). The van der Waals surface area contributed by atoms with E-state index in [1.807, 2.05) is 13.0 Å². The lowest BCUT2D eigenvalue weighted by Crippen LogP contribution is -2.28. The van der Waals surface area contributed by atoms with E-state index in [4.69, 9.17) is 9.15 Å². The van der Waals surface area contributed by atoms with Gasteiger partial charge in [-0.1, -0.05) is 6.42 Å². The molecule has 26 heavy (non-hydrogen) atoms. The van der Waals surface area contributed by atoms with Crippen LogP contribution in [-0.4, -0.2) is 10.9 Å². The van der Waals surface area contributed by atoms with Crippen LogP contribution in [0.25, 0.3) is 11.0 Å². The van der Waals surface area contributed by atoms with E-state index in [2.05, 4.69) is 10.3 Å². The van der Waals surface area contributed by atoms with E-state index in [-0.39, 0.29) is 11.8 Å². The lowest BCUT2D eigenvalue weighted by Gasteiger charge is -2.24. The molecule has 0 radical (unpaired) electrons. The zero-order valence-corrected chi connectivity index (χ0v) is 14.3. The number of anilines is 1. The van der Waals surface area contributed by atoms with Crippen LogP contribution in [0, 0.1) is 12.8 Å². The number of carbonyl (C=O) groups is 1. The lowest BCUT2D eigenvalue weighted by atomic mass is 9.85. The van der Waals surface area contributed by atoms with Gasteiger partial charge in [0.1, 0.15) is 17.0 Å². The van der Waals surface area contributed by atoms with Gasteiger partial charge in [-0.3, -0.25) is 4.79 Å². The highest BCUT2D eigenvalue weighted by Gasteiger charge is 2.26. The fourth-order valence-corrected chi connectivity index (χ4v) is 2.95. The van der Waals surface area contributed by atoms with Crippen LogP contribution in [-0.2, 0) is 4.79 Å². The number of pyridine rings is 1. The Kier molecular flexibility index (Phi) is 4.16. The molecule has 1 aromatic carbocycles. The molecule has 1 aliphatic rings. The average molecular weight is 350 g/mol. The topological polar surface area (TPSA) is 81.4 Å². The van der Waals surface area contributed by atoms with Crippen molar-refractivity contribution < 1.29 is 13.9 Å². The van der Waals surface area contributed by atoms with Crippen LogP contribution in [0.4, 0.5) is 5.69 Å². The molecular formula is C20H18N2O4. The number of nitrogens with zero attached hydrogens (tertiary/aromatic N) is 1. The minimum absolute atomic E-state index is 0.00534. The van der Waals surface area contributed by atoms with Crippen molar-refractivity contribution in [2.24, 2.45) is 5.92 Å². The summed E-state index contributed by atoms with van der Waals surface area (Å²) in [5, 5.41) is 3.73. The molecule has 6 heteroatoms. The van der Waals surface area contributed by atoms with E-state index in [9.17, 15) is 9.59 Å². The van der Waals surface area contributed by atoms with E-state index in [0.717, 1.165) is 30.2 Å². The molecule has 0 aliphatic heterocycles. The number of fused-ring (bicyclic) bond motifs is 1. The maximum Gasteiger partial charge on any atom is 0.336 e. The number of carbonyl (C=O) groups excluding carboxylic acids is 1. The third kappa shape index (κ3) is 3.18. The van der Waals surface area contributed by atoms with E-state index < -0.39 is 5.63 Å². The lowest BCUT2D eigenvalue weighted by molar-refractivity contribution is -0.122. The fraction of sp³-hybridized carbons (Fsp3) is 0.250. The summed E-state index contributed by atoms with van der Waals surface area (Å²) in [5.41, 5.74) is 1.41. The first-order chi connectivity index (χ1) is 12.6. The second-order valence-corrected chi connectivity index (χ2v) is 6.48. The summed E-state index contributed by atoms with van der Waals surface area (Å²) in [4.78, 5) is 28.0. The van der Waals surface area contributed by atoms with Crippen molar-refractivity contribution in [3.63, 3.8) is 0 Å². The first-order valence-corrected chi connectivity index (χ1v) is 8.58. The molecule has 6 nitrogen and oxygen atoms in total. The Morgan fingerprint density at radius 2 is 2.12 bits per heavy atom. The Labute approximate surface area is 149 Å². The number of amides is 1. The van der Waals surface area contributed by atoms with Crippen molar-refractivity contribution in [1.82, 2.24) is 4.98 Å². The molecule has 2 aromatic heterocycles. The van der Waals surface area contributed by atoms with Gasteiger partial charge in [-0.15, -0.1) is 0 Å². The van der Waals surface area contributed by atoms with Gasteiger partial charge in [0.05, 0.1) is 0 Å². The molecule has 0 bridgehead atoms. The van der Waals surface area contributed by atoms with Gasteiger partial charge < -0.3 is 14.5 Å². The van der Waals surface area contributed by atoms with Gasteiger partial charge >= 0.3 is 5.63 Å². The van der Waals surface area contributed by atoms with Crippen LogP contribution in [0.2, 0.25) is 0 Å². The quantitative estimate of drug-likeness (QED) is 0.719. The summed E-state index contributed by atoms with van der Waals surface area (Å²) in [7, 11) is 0. The van der Waals surface area contributed by atoms with Crippen LogP contribution in [0.1, 0.15) is 24.8 Å². The Hall–Kier alpha value is -3.15. The summed E-state index contributed by atoms with van der Waals surface area (Å²) in [5.74, 6) is 0.842. The molecular weight excluding hydrogens is 332 g/mol.